The van der Waals surface area contributed by atoms with Gasteiger partial charge in [0.1, 0.15) is 5.15 Å². The van der Waals surface area contributed by atoms with Gasteiger partial charge in [0, 0.05) is 6.07 Å². The van der Waals surface area contributed by atoms with E-state index in [0.717, 1.165) is 0 Å². The van der Waals surface area contributed by atoms with Gasteiger partial charge < -0.3 is 15.7 Å². The Hall–Kier alpha value is -2.51. The minimum absolute atomic E-state index is 0.271. The van der Waals surface area contributed by atoms with E-state index in [1.807, 2.05) is 13.8 Å². The molecule has 6 N–H and O–H groups in total. The summed E-state index contributed by atoms with van der Waals surface area (Å²) in [6.45, 7) is 4.00. The maximum Gasteiger partial charge on any atom is 0.323 e. The Kier molecular flexibility index (Phi) is 4.69. The maximum absolute atomic E-state index is 11.2. The highest BCUT2D eigenvalue weighted by atomic mass is 35.5. The highest BCUT2D eigenvalue weighted by Crippen LogP contribution is 2.29. The van der Waals surface area contributed by atoms with Gasteiger partial charge in [-0.3, -0.25) is 5.01 Å². The number of aromatic nitrogens is 3. The largest absolute Gasteiger partial charge is 0.396 e. The quantitative estimate of drug-likeness (QED) is 0.329. The molecule has 0 amide bonds. The molecule has 0 unspecified atom stereocenters. The van der Waals surface area contributed by atoms with Gasteiger partial charge in [0.15, 0.2) is 0 Å². The van der Waals surface area contributed by atoms with Crippen molar-refractivity contribution in [1.29, 1.82) is 0 Å². The van der Waals surface area contributed by atoms with Crippen LogP contribution in [-0.4, -0.2) is 15.0 Å². The van der Waals surface area contributed by atoms with Gasteiger partial charge in [0.25, 0.3) is 0 Å². The number of nitrogens with zero attached hydrogens (tertiary/aromatic N) is 2. The minimum Gasteiger partial charge on any atom is -0.396 e. The topological polar surface area (TPSA) is 117 Å². The van der Waals surface area contributed by atoms with E-state index in [1.54, 1.807) is 24.3 Å². The first kappa shape index (κ1) is 15.9. The third-order valence-electron chi connectivity index (χ3n) is 2.92. The third-order valence-corrected chi connectivity index (χ3v) is 3.12. The fourth-order valence-electron chi connectivity index (χ4n) is 1.95. The van der Waals surface area contributed by atoms with Crippen LogP contribution in [0.3, 0.4) is 0 Å². The van der Waals surface area contributed by atoms with Gasteiger partial charge in [-0.1, -0.05) is 25.4 Å². The summed E-state index contributed by atoms with van der Waals surface area (Å²) in [4.78, 5) is 20.4. The number of fused-ring (bicyclic) bond motifs is 1. The number of halogens is 1. The number of imidazole rings is 1. The predicted molar refractivity (Wildman–Crippen MR) is 90.3 cm³/mol. The van der Waals surface area contributed by atoms with Crippen molar-refractivity contribution in [2.75, 3.05) is 10.7 Å². The molecule has 3 rings (SSSR count). The van der Waals surface area contributed by atoms with Crippen molar-refractivity contribution in [3.8, 4) is 0 Å². The van der Waals surface area contributed by atoms with E-state index in [2.05, 4.69) is 15.0 Å². The minimum atomic E-state index is -0.271. The Morgan fingerprint density at radius 1 is 1.18 bits per heavy atom. The SMILES string of the molecule is CC.Nc1cnc(Cl)cc1N(N)c1ccc2[nH]c(=O)[nH]c2c1. The second-order valence-electron chi connectivity index (χ2n) is 4.24. The maximum atomic E-state index is 11.2. The molecule has 3 aromatic rings. The summed E-state index contributed by atoms with van der Waals surface area (Å²) in [5.41, 5.74) is 8.51. The van der Waals surface area contributed by atoms with Crippen LogP contribution in [0.4, 0.5) is 17.1 Å². The van der Waals surface area contributed by atoms with Crippen LogP contribution in [-0.2, 0) is 0 Å². The molecule has 1 aromatic carbocycles. The normalized spacial score (nSPS) is 10.2. The van der Waals surface area contributed by atoms with E-state index >= 15 is 0 Å². The predicted octanol–water partition coefficient (Wildman–Crippen LogP) is 2.52. The zero-order valence-corrected chi connectivity index (χ0v) is 13.0. The Morgan fingerprint density at radius 2 is 1.86 bits per heavy atom. The number of hydrazine groups is 1. The molecule has 0 aliphatic heterocycles. The number of nitrogens with one attached hydrogen (secondary N) is 2. The van der Waals surface area contributed by atoms with E-state index < -0.39 is 0 Å². The molecular formula is C14H17ClN6O. The molecule has 22 heavy (non-hydrogen) atoms. The molecule has 0 atom stereocenters. The van der Waals surface area contributed by atoms with Crippen molar-refractivity contribution in [3.05, 3.63) is 46.1 Å². The van der Waals surface area contributed by atoms with Crippen LogP contribution in [0.25, 0.3) is 11.0 Å². The van der Waals surface area contributed by atoms with Crippen molar-refractivity contribution >= 4 is 39.7 Å². The van der Waals surface area contributed by atoms with E-state index in [4.69, 9.17) is 23.2 Å². The zero-order chi connectivity index (χ0) is 16.3. The number of anilines is 3. The standard InChI is InChI=1S/C12H11ClN6O.C2H6/c13-11-4-10(7(14)5-16-11)19(15)6-1-2-8-9(3-6)18-12(20)17-8;1-2/h1-5H,14-15H2,(H2,17,18,20);1-2H3. The van der Waals surface area contributed by atoms with Gasteiger partial charge in [0.2, 0.25) is 0 Å². The molecule has 0 saturated heterocycles. The van der Waals surface area contributed by atoms with Crippen LogP contribution >= 0.6 is 11.6 Å². The van der Waals surface area contributed by atoms with Crippen LogP contribution in [0.2, 0.25) is 5.15 Å². The number of rotatable bonds is 2. The molecule has 0 saturated carbocycles. The van der Waals surface area contributed by atoms with E-state index in [0.29, 0.717) is 33.2 Å². The number of nitrogens with two attached hydrogens (primary N) is 2. The van der Waals surface area contributed by atoms with Gasteiger partial charge in [0.05, 0.1) is 34.3 Å². The Morgan fingerprint density at radius 3 is 2.59 bits per heavy atom. The van der Waals surface area contributed by atoms with E-state index in [9.17, 15) is 4.79 Å². The Bertz CT molecular complexity index is 841. The summed E-state index contributed by atoms with van der Waals surface area (Å²) >= 11 is 5.85. The molecular weight excluding hydrogens is 304 g/mol. The van der Waals surface area contributed by atoms with Crippen molar-refractivity contribution < 1.29 is 0 Å². The summed E-state index contributed by atoms with van der Waals surface area (Å²) < 4.78 is 0. The second kappa shape index (κ2) is 6.50. The first-order valence-electron chi connectivity index (χ1n) is 6.72. The average Bonchev–Trinajstić information content (AvgIpc) is 2.90. The summed E-state index contributed by atoms with van der Waals surface area (Å²) in [6.07, 6.45) is 1.44. The molecule has 0 aliphatic rings. The average molecular weight is 321 g/mol. The fourth-order valence-corrected chi connectivity index (χ4v) is 2.10. The second-order valence-corrected chi connectivity index (χ2v) is 4.63. The van der Waals surface area contributed by atoms with Crippen molar-refractivity contribution in [2.45, 2.75) is 13.8 Å². The van der Waals surface area contributed by atoms with E-state index in [-0.39, 0.29) is 5.69 Å². The van der Waals surface area contributed by atoms with Crippen molar-refractivity contribution in [1.82, 2.24) is 15.0 Å². The highest BCUT2D eigenvalue weighted by molar-refractivity contribution is 6.29. The summed E-state index contributed by atoms with van der Waals surface area (Å²) in [5.74, 6) is 6.05. The lowest BCUT2D eigenvalue weighted by Crippen LogP contribution is -2.25. The monoisotopic (exact) mass is 320 g/mol. The molecule has 7 nitrogen and oxygen atoms in total. The summed E-state index contributed by atoms with van der Waals surface area (Å²) in [7, 11) is 0. The number of hydrogen-bond donors (Lipinski definition) is 4. The smallest absolute Gasteiger partial charge is 0.323 e. The molecule has 8 heteroatoms. The Balaban J connectivity index is 0.000000847. The number of pyridine rings is 1. The lowest BCUT2D eigenvalue weighted by molar-refractivity contribution is 1.08. The van der Waals surface area contributed by atoms with Crippen molar-refractivity contribution in [2.24, 2.45) is 5.84 Å². The zero-order valence-electron chi connectivity index (χ0n) is 12.2. The van der Waals surface area contributed by atoms with Crippen LogP contribution in [0.1, 0.15) is 13.8 Å². The fraction of sp³-hybridized carbons (Fsp3) is 0.143. The van der Waals surface area contributed by atoms with Gasteiger partial charge in [-0.15, -0.1) is 0 Å². The lowest BCUT2D eigenvalue weighted by atomic mass is 10.2. The summed E-state index contributed by atoms with van der Waals surface area (Å²) in [6, 6.07) is 6.82. The number of nitrogen functional groups attached to an aromatic ring is 1. The molecule has 0 radical (unpaired) electrons. The molecule has 2 heterocycles. The molecule has 2 aromatic heterocycles. The summed E-state index contributed by atoms with van der Waals surface area (Å²) in [5, 5.41) is 1.67. The number of benzene rings is 1. The molecule has 0 spiro atoms. The molecule has 0 aliphatic carbocycles. The van der Waals surface area contributed by atoms with E-state index in [1.165, 1.54) is 11.2 Å². The first-order chi connectivity index (χ1) is 10.5. The van der Waals surface area contributed by atoms with Gasteiger partial charge in [-0.05, 0) is 18.2 Å². The number of hydrogen-bond acceptors (Lipinski definition) is 5. The Labute approximate surface area is 131 Å². The number of aromatic amines is 2. The third kappa shape index (κ3) is 3.05. The highest BCUT2D eigenvalue weighted by Gasteiger charge is 2.11. The van der Waals surface area contributed by atoms with Gasteiger partial charge >= 0.3 is 5.69 Å². The molecule has 0 fully saturated rings. The molecule has 116 valence electrons. The van der Waals surface area contributed by atoms with Crippen LogP contribution in [0.15, 0.2) is 35.3 Å². The molecule has 0 bridgehead atoms. The van der Waals surface area contributed by atoms with Crippen LogP contribution in [0, 0.1) is 0 Å². The lowest BCUT2D eigenvalue weighted by Gasteiger charge is -2.20. The van der Waals surface area contributed by atoms with Gasteiger partial charge in [-0.25, -0.2) is 15.6 Å². The van der Waals surface area contributed by atoms with Gasteiger partial charge in [-0.2, -0.15) is 0 Å². The number of H-pyrrole nitrogens is 2. The van der Waals surface area contributed by atoms with Crippen LogP contribution < -0.4 is 22.3 Å². The van der Waals surface area contributed by atoms with Crippen molar-refractivity contribution in [3.63, 3.8) is 0 Å². The van der Waals surface area contributed by atoms with Crippen LogP contribution in [0.5, 0.6) is 0 Å². The first-order valence-corrected chi connectivity index (χ1v) is 7.10.